The first-order valence-corrected chi connectivity index (χ1v) is 2.30. The highest BCUT2D eigenvalue weighted by Gasteiger charge is 1.92. The van der Waals surface area contributed by atoms with Crippen LogP contribution in [0.4, 0.5) is 0 Å². The van der Waals surface area contributed by atoms with E-state index >= 15 is 0 Å². The SMILES string of the molecule is C=C(NC)C(C)N. The summed E-state index contributed by atoms with van der Waals surface area (Å²) >= 11 is 0. The van der Waals surface area contributed by atoms with Gasteiger partial charge in [-0.15, -0.1) is 0 Å². The van der Waals surface area contributed by atoms with Crippen molar-refractivity contribution in [1.29, 1.82) is 0 Å². The fraction of sp³-hybridized carbons (Fsp3) is 0.600. The van der Waals surface area contributed by atoms with E-state index in [4.69, 9.17) is 5.73 Å². The number of likely N-dealkylation sites (N-methyl/N-ethyl adjacent to an activating group) is 1. The molecule has 42 valence electrons. The van der Waals surface area contributed by atoms with Gasteiger partial charge in [0.1, 0.15) is 0 Å². The molecule has 0 aliphatic carbocycles. The molecule has 0 amide bonds. The van der Waals surface area contributed by atoms with E-state index in [2.05, 4.69) is 11.9 Å². The van der Waals surface area contributed by atoms with Gasteiger partial charge in [-0.05, 0) is 6.92 Å². The molecule has 0 saturated heterocycles. The highest BCUT2D eigenvalue weighted by atomic mass is 14.9. The summed E-state index contributed by atoms with van der Waals surface area (Å²) in [6.45, 7) is 5.52. The molecule has 0 aromatic heterocycles. The second-order valence-electron chi connectivity index (χ2n) is 1.56. The van der Waals surface area contributed by atoms with Crippen LogP contribution >= 0.6 is 0 Å². The molecule has 2 heteroatoms. The highest BCUT2D eigenvalue weighted by Crippen LogP contribution is 1.84. The maximum atomic E-state index is 5.38. The molecule has 0 saturated carbocycles. The summed E-state index contributed by atoms with van der Waals surface area (Å²) in [6, 6.07) is 0.0602. The lowest BCUT2D eigenvalue weighted by Gasteiger charge is -2.06. The Bertz CT molecular complexity index is 66.5. The van der Waals surface area contributed by atoms with Gasteiger partial charge in [0.15, 0.2) is 0 Å². The van der Waals surface area contributed by atoms with Crippen LogP contribution in [0.2, 0.25) is 0 Å². The van der Waals surface area contributed by atoms with Gasteiger partial charge >= 0.3 is 0 Å². The summed E-state index contributed by atoms with van der Waals surface area (Å²) in [4.78, 5) is 0. The summed E-state index contributed by atoms with van der Waals surface area (Å²) in [5, 5.41) is 2.84. The number of hydrogen-bond donors (Lipinski definition) is 2. The van der Waals surface area contributed by atoms with E-state index in [1.807, 2.05) is 14.0 Å². The van der Waals surface area contributed by atoms with Crippen LogP contribution in [-0.4, -0.2) is 13.1 Å². The molecule has 1 atom stereocenters. The van der Waals surface area contributed by atoms with Crippen molar-refractivity contribution in [2.45, 2.75) is 13.0 Å². The Morgan fingerprint density at radius 1 is 1.86 bits per heavy atom. The van der Waals surface area contributed by atoms with Gasteiger partial charge in [0.2, 0.25) is 0 Å². The maximum absolute atomic E-state index is 5.38. The lowest BCUT2D eigenvalue weighted by molar-refractivity contribution is 0.779. The highest BCUT2D eigenvalue weighted by molar-refractivity contribution is 4.97. The van der Waals surface area contributed by atoms with Crippen LogP contribution in [0.3, 0.4) is 0 Å². The fourth-order valence-electron chi connectivity index (χ4n) is 0.228. The predicted molar refractivity (Wildman–Crippen MR) is 31.8 cm³/mol. The van der Waals surface area contributed by atoms with Crippen LogP contribution in [0.15, 0.2) is 12.3 Å². The Labute approximate surface area is 44.4 Å². The minimum absolute atomic E-state index is 0.0602. The molecule has 0 aromatic carbocycles. The molecule has 0 aliphatic rings. The maximum Gasteiger partial charge on any atom is 0.0409 e. The molecule has 0 spiro atoms. The molecule has 0 rings (SSSR count). The quantitative estimate of drug-likeness (QED) is 0.515. The van der Waals surface area contributed by atoms with Crippen molar-refractivity contribution in [2.24, 2.45) is 5.73 Å². The molecule has 0 heterocycles. The minimum Gasteiger partial charge on any atom is -0.391 e. The zero-order chi connectivity index (χ0) is 5.86. The topological polar surface area (TPSA) is 38.0 Å². The van der Waals surface area contributed by atoms with Crippen LogP contribution in [-0.2, 0) is 0 Å². The Morgan fingerprint density at radius 2 is 2.29 bits per heavy atom. The van der Waals surface area contributed by atoms with Crippen molar-refractivity contribution < 1.29 is 0 Å². The molecule has 0 aromatic rings. The Morgan fingerprint density at radius 3 is 2.29 bits per heavy atom. The summed E-state index contributed by atoms with van der Waals surface area (Å²) in [5.41, 5.74) is 6.26. The Kier molecular flexibility index (Phi) is 2.45. The number of nitrogens with one attached hydrogen (secondary N) is 1. The van der Waals surface area contributed by atoms with Crippen LogP contribution in [0, 0.1) is 0 Å². The molecule has 0 aliphatic heterocycles. The minimum atomic E-state index is 0.0602. The second kappa shape index (κ2) is 2.64. The second-order valence-corrected chi connectivity index (χ2v) is 1.56. The van der Waals surface area contributed by atoms with Crippen LogP contribution in [0.25, 0.3) is 0 Å². The third-order valence-electron chi connectivity index (χ3n) is 0.871. The van der Waals surface area contributed by atoms with E-state index in [0.29, 0.717) is 0 Å². The van der Waals surface area contributed by atoms with Crippen molar-refractivity contribution in [3.05, 3.63) is 12.3 Å². The standard InChI is InChI=1S/C5H12N2/c1-4(6)5(2)7-3/h4,7H,2,6H2,1,3H3. The zero-order valence-electron chi connectivity index (χ0n) is 4.86. The van der Waals surface area contributed by atoms with Crippen LogP contribution in [0.1, 0.15) is 6.92 Å². The average Bonchev–Trinajstić information content (AvgIpc) is 1.65. The van der Waals surface area contributed by atoms with Crippen LogP contribution in [0.5, 0.6) is 0 Å². The normalized spacial score (nSPS) is 13.0. The third kappa shape index (κ3) is 2.23. The molecule has 0 fully saturated rings. The first-order chi connectivity index (χ1) is 3.18. The van der Waals surface area contributed by atoms with E-state index < -0.39 is 0 Å². The molecule has 7 heavy (non-hydrogen) atoms. The summed E-state index contributed by atoms with van der Waals surface area (Å²) in [6.07, 6.45) is 0. The number of nitrogens with two attached hydrogens (primary N) is 1. The largest absolute Gasteiger partial charge is 0.391 e. The van der Waals surface area contributed by atoms with Gasteiger partial charge in [0.25, 0.3) is 0 Å². The van der Waals surface area contributed by atoms with E-state index in [-0.39, 0.29) is 6.04 Å². The lowest BCUT2D eigenvalue weighted by atomic mass is 10.3. The molecule has 3 N–H and O–H groups in total. The van der Waals surface area contributed by atoms with Crippen molar-refractivity contribution in [1.82, 2.24) is 5.32 Å². The van der Waals surface area contributed by atoms with Crippen LogP contribution < -0.4 is 11.1 Å². The molecule has 2 nitrogen and oxygen atoms in total. The van der Waals surface area contributed by atoms with Crippen molar-refractivity contribution >= 4 is 0 Å². The molecule has 1 unspecified atom stereocenters. The Hall–Kier alpha value is -0.500. The summed E-state index contributed by atoms with van der Waals surface area (Å²) in [5.74, 6) is 0. The summed E-state index contributed by atoms with van der Waals surface area (Å²) in [7, 11) is 1.81. The first kappa shape index (κ1) is 6.50. The molecule has 0 bridgehead atoms. The van der Waals surface area contributed by atoms with Gasteiger partial charge in [0.05, 0.1) is 0 Å². The number of rotatable bonds is 2. The fourth-order valence-corrected chi connectivity index (χ4v) is 0.228. The van der Waals surface area contributed by atoms with Gasteiger partial charge < -0.3 is 11.1 Å². The molecular weight excluding hydrogens is 88.1 g/mol. The molecule has 0 radical (unpaired) electrons. The van der Waals surface area contributed by atoms with E-state index in [9.17, 15) is 0 Å². The van der Waals surface area contributed by atoms with Crippen molar-refractivity contribution in [2.75, 3.05) is 7.05 Å². The van der Waals surface area contributed by atoms with E-state index in [0.717, 1.165) is 5.70 Å². The Balaban J connectivity index is 3.35. The van der Waals surface area contributed by atoms with E-state index in [1.54, 1.807) is 0 Å². The number of hydrogen-bond acceptors (Lipinski definition) is 2. The van der Waals surface area contributed by atoms with Crippen molar-refractivity contribution in [3.63, 3.8) is 0 Å². The van der Waals surface area contributed by atoms with Gasteiger partial charge in [0, 0.05) is 18.8 Å². The lowest BCUT2D eigenvalue weighted by Crippen LogP contribution is -2.25. The zero-order valence-corrected chi connectivity index (χ0v) is 4.86. The van der Waals surface area contributed by atoms with E-state index in [1.165, 1.54) is 0 Å². The van der Waals surface area contributed by atoms with Gasteiger partial charge in [-0.2, -0.15) is 0 Å². The first-order valence-electron chi connectivity index (χ1n) is 2.30. The smallest absolute Gasteiger partial charge is 0.0409 e. The molecular formula is C5H12N2. The average molecular weight is 100 g/mol. The van der Waals surface area contributed by atoms with Gasteiger partial charge in [-0.3, -0.25) is 0 Å². The van der Waals surface area contributed by atoms with Crippen molar-refractivity contribution in [3.8, 4) is 0 Å². The van der Waals surface area contributed by atoms with Gasteiger partial charge in [-0.25, -0.2) is 0 Å². The third-order valence-corrected chi connectivity index (χ3v) is 0.871. The van der Waals surface area contributed by atoms with Gasteiger partial charge in [-0.1, -0.05) is 6.58 Å². The monoisotopic (exact) mass is 100 g/mol. The predicted octanol–water partition coefficient (Wildman–Crippen LogP) is 0.0667. The summed E-state index contributed by atoms with van der Waals surface area (Å²) < 4.78 is 0.